The van der Waals surface area contributed by atoms with E-state index in [-0.39, 0.29) is 0 Å². The Labute approximate surface area is 154 Å². The fourth-order valence-electron chi connectivity index (χ4n) is 2.74. The number of aldehydes is 1. The van der Waals surface area contributed by atoms with Crippen molar-refractivity contribution >= 4 is 29.4 Å². The number of carbonyl (C=O) groups is 1. The van der Waals surface area contributed by atoms with Crippen molar-refractivity contribution in [3.8, 4) is 16.5 Å². The van der Waals surface area contributed by atoms with Gasteiger partial charge in [0.05, 0.1) is 12.0 Å². The number of carbonyl (C=O) groups excluding carboxylic acids is 1. The second-order valence-electron chi connectivity index (χ2n) is 5.86. The molecule has 0 radical (unpaired) electrons. The Bertz CT molecular complexity index is 886. The van der Waals surface area contributed by atoms with Gasteiger partial charge in [0, 0.05) is 22.9 Å². The molecule has 0 amide bonds. The van der Waals surface area contributed by atoms with Crippen LogP contribution in [-0.4, -0.2) is 28.2 Å². The molecule has 2 aromatic heterocycles. The van der Waals surface area contributed by atoms with Gasteiger partial charge in [-0.2, -0.15) is 0 Å². The van der Waals surface area contributed by atoms with E-state index < -0.39 is 0 Å². The predicted octanol–water partition coefficient (Wildman–Crippen LogP) is 4.45. The fourth-order valence-corrected chi connectivity index (χ4v) is 4.43. The molecule has 0 N–H and O–H groups in total. The number of thiophene rings is 1. The summed E-state index contributed by atoms with van der Waals surface area (Å²) in [5.74, 6) is 2.42. The smallest absolute Gasteiger partial charge is 0.192 e. The zero-order valence-corrected chi connectivity index (χ0v) is 15.3. The number of rotatable bonds is 7. The Morgan fingerprint density at radius 1 is 1.36 bits per heavy atom. The zero-order valence-electron chi connectivity index (χ0n) is 13.7. The van der Waals surface area contributed by atoms with Gasteiger partial charge >= 0.3 is 0 Å². The maximum absolute atomic E-state index is 11.0. The molecular formula is C18H17N3O2S2. The van der Waals surface area contributed by atoms with Crippen molar-refractivity contribution in [2.75, 3.05) is 7.11 Å². The second kappa shape index (κ2) is 7.01. The van der Waals surface area contributed by atoms with Crippen molar-refractivity contribution in [1.82, 2.24) is 14.8 Å². The van der Waals surface area contributed by atoms with Crippen LogP contribution in [0.2, 0.25) is 0 Å². The van der Waals surface area contributed by atoms with Crippen molar-refractivity contribution in [3.05, 3.63) is 46.8 Å². The van der Waals surface area contributed by atoms with Crippen molar-refractivity contribution in [3.63, 3.8) is 0 Å². The summed E-state index contributed by atoms with van der Waals surface area (Å²) in [6.07, 6.45) is 3.21. The lowest BCUT2D eigenvalue weighted by Crippen LogP contribution is -1.99. The van der Waals surface area contributed by atoms with Gasteiger partial charge in [0.2, 0.25) is 0 Å². The largest absolute Gasteiger partial charge is 0.496 e. The Balaban J connectivity index is 1.61. The number of hydrogen-bond donors (Lipinski definition) is 0. The van der Waals surface area contributed by atoms with Crippen LogP contribution >= 0.6 is 23.1 Å². The van der Waals surface area contributed by atoms with E-state index >= 15 is 0 Å². The van der Waals surface area contributed by atoms with E-state index in [1.54, 1.807) is 36.3 Å². The molecule has 1 saturated carbocycles. The molecule has 1 aromatic carbocycles. The number of nitrogens with zero attached hydrogens (tertiary/aromatic N) is 3. The Hall–Kier alpha value is -2.12. The summed E-state index contributed by atoms with van der Waals surface area (Å²) in [5, 5.41) is 11.8. The predicted molar refractivity (Wildman–Crippen MR) is 99.5 cm³/mol. The van der Waals surface area contributed by atoms with Crippen LogP contribution in [-0.2, 0) is 5.75 Å². The molecule has 4 rings (SSSR count). The lowest BCUT2D eigenvalue weighted by atomic mass is 10.1. The number of aromatic nitrogens is 3. The first-order valence-electron chi connectivity index (χ1n) is 8.04. The van der Waals surface area contributed by atoms with Gasteiger partial charge in [-0.1, -0.05) is 17.8 Å². The molecule has 128 valence electrons. The van der Waals surface area contributed by atoms with Gasteiger partial charge in [0.25, 0.3) is 0 Å². The first-order valence-corrected chi connectivity index (χ1v) is 9.90. The topological polar surface area (TPSA) is 57.0 Å². The summed E-state index contributed by atoms with van der Waals surface area (Å²) in [4.78, 5) is 12.2. The lowest BCUT2D eigenvalue weighted by molar-refractivity contribution is 0.112. The van der Waals surface area contributed by atoms with Gasteiger partial charge in [-0.15, -0.1) is 21.5 Å². The van der Waals surface area contributed by atoms with Crippen LogP contribution < -0.4 is 4.74 Å². The quantitative estimate of drug-likeness (QED) is 0.453. The van der Waals surface area contributed by atoms with Crippen LogP contribution in [0.25, 0.3) is 10.7 Å². The highest BCUT2D eigenvalue weighted by molar-refractivity contribution is 7.98. The average molecular weight is 371 g/mol. The molecule has 0 spiro atoms. The SMILES string of the molecule is COc1ccc(C=O)cc1CSc1nnc(-c2cccs2)n1C1CC1. The monoisotopic (exact) mass is 371 g/mol. The summed E-state index contributed by atoms with van der Waals surface area (Å²) >= 11 is 3.32. The molecule has 25 heavy (non-hydrogen) atoms. The molecular weight excluding hydrogens is 354 g/mol. The highest BCUT2D eigenvalue weighted by Crippen LogP contribution is 2.42. The lowest BCUT2D eigenvalue weighted by Gasteiger charge is -2.10. The molecule has 5 nitrogen and oxygen atoms in total. The Kier molecular flexibility index (Phi) is 4.59. The van der Waals surface area contributed by atoms with Gasteiger partial charge in [0.1, 0.15) is 12.0 Å². The average Bonchev–Trinajstić information content (AvgIpc) is 3.17. The van der Waals surface area contributed by atoms with Crippen LogP contribution in [0.4, 0.5) is 0 Å². The zero-order chi connectivity index (χ0) is 17.2. The summed E-state index contributed by atoms with van der Waals surface area (Å²) in [6, 6.07) is 10.1. The van der Waals surface area contributed by atoms with Crippen molar-refractivity contribution in [2.45, 2.75) is 29.8 Å². The van der Waals surface area contributed by atoms with E-state index in [0.717, 1.165) is 33.5 Å². The number of hydrogen-bond acceptors (Lipinski definition) is 6. The summed E-state index contributed by atoms with van der Waals surface area (Å²) in [7, 11) is 1.64. The molecule has 0 aliphatic heterocycles. The van der Waals surface area contributed by atoms with E-state index in [1.807, 2.05) is 18.2 Å². The van der Waals surface area contributed by atoms with E-state index in [2.05, 4.69) is 26.2 Å². The van der Waals surface area contributed by atoms with Gasteiger partial charge < -0.3 is 4.74 Å². The molecule has 0 unspecified atom stereocenters. The maximum atomic E-state index is 11.0. The van der Waals surface area contributed by atoms with Gasteiger partial charge in [-0.05, 0) is 42.5 Å². The van der Waals surface area contributed by atoms with Crippen molar-refractivity contribution < 1.29 is 9.53 Å². The van der Waals surface area contributed by atoms with E-state index in [4.69, 9.17) is 4.74 Å². The summed E-state index contributed by atoms with van der Waals surface area (Å²) < 4.78 is 7.67. The molecule has 2 heterocycles. The van der Waals surface area contributed by atoms with Crippen molar-refractivity contribution in [1.29, 1.82) is 0 Å². The molecule has 0 bridgehead atoms. The van der Waals surface area contributed by atoms with Crippen LogP contribution in [0.3, 0.4) is 0 Å². The minimum absolute atomic E-state index is 0.498. The molecule has 3 aromatic rings. The van der Waals surface area contributed by atoms with E-state index in [1.165, 1.54) is 12.8 Å². The molecule has 1 fully saturated rings. The molecule has 1 aliphatic carbocycles. The third-order valence-electron chi connectivity index (χ3n) is 4.12. The Morgan fingerprint density at radius 3 is 2.92 bits per heavy atom. The third-order valence-corrected chi connectivity index (χ3v) is 5.97. The number of ether oxygens (including phenoxy) is 1. The Morgan fingerprint density at radius 2 is 2.24 bits per heavy atom. The van der Waals surface area contributed by atoms with Crippen LogP contribution in [0.1, 0.15) is 34.8 Å². The normalized spacial score (nSPS) is 13.8. The molecule has 7 heteroatoms. The number of benzene rings is 1. The number of thioether (sulfide) groups is 1. The molecule has 0 atom stereocenters. The fraction of sp³-hybridized carbons (Fsp3) is 0.278. The molecule has 1 aliphatic rings. The number of methoxy groups -OCH3 is 1. The highest BCUT2D eigenvalue weighted by Gasteiger charge is 2.30. The van der Waals surface area contributed by atoms with Gasteiger partial charge in [-0.25, -0.2) is 0 Å². The van der Waals surface area contributed by atoms with Gasteiger partial charge in [-0.3, -0.25) is 9.36 Å². The first kappa shape index (κ1) is 16.4. The standard InChI is InChI=1S/C18H17N3O2S2/c1-23-15-7-4-12(10-22)9-13(15)11-25-18-20-19-17(16-3-2-8-24-16)21(18)14-5-6-14/h2-4,7-10,14H,5-6,11H2,1H3. The van der Waals surface area contributed by atoms with Crippen molar-refractivity contribution in [2.24, 2.45) is 0 Å². The summed E-state index contributed by atoms with van der Waals surface area (Å²) in [6.45, 7) is 0. The van der Waals surface area contributed by atoms with Crippen LogP contribution in [0, 0.1) is 0 Å². The van der Waals surface area contributed by atoms with E-state index in [0.29, 0.717) is 17.4 Å². The van der Waals surface area contributed by atoms with Crippen LogP contribution in [0.15, 0.2) is 40.9 Å². The first-order chi connectivity index (χ1) is 12.3. The molecule has 0 saturated heterocycles. The highest BCUT2D eigenvalue weighted by atomic mass is 32.2. The minimum Gasteiger partial charge on any atom is -0.496 e. The summed E-state index contributed by atoms with van der Waals surface area (Å²) in [5.41, 5.74) is 1.64. The van der Waals surface area contributed by atoms with Crippen LogP contribution in [0.5, 0.6) is 5.75 Å². The van der Waals surface area contributed by atoms with E-state index in [9.17, 15) is 4.79 Å². The third kappa shape index (κ3) is 3.34. The minimum atomic E-state index is 0.498. The maximum Gasteiger partial charge on any atom is 0.192 e. The second-order valence-corrected chi connectivity index (χ2v) is 7.75. The van der Waals surface area contributed by atoms with Gasteiger partial charge in [0.15, 0.2) is 11.0 Å².